The van der Waals surface area contributed by atoms with Crippen LogP contribution in [0.5, 0.6) is 0 Å². The van der Waals surface area contributed by atoms with Gasteiger partial charge in [0, 0.05) is 18.8 Å². The van der Waals surface area contributed by atoms with Crippen LogP contribution >= 0.6 is 0 Å². The molecule has 0 bridgehead atoms. The van der Waals surface area contributed by atoms with E-state index < -0.39 is 0 Å². The SMILES string of the molecule is CCN1C=CC(=O)NC1(C)C. The summed E-state index contributed by atoms with van der Waals surface area (Å²) in [6.07, 6.45) is 3.38. The van der Waals surface area contributed by atoms with Crippen molar-refractivity contribution >= 4 is 5.91 Å². The Kier molecular flexibility index (Phi) is 1.89. The maximum Gasteiger partial charge on any atom is 0.247 e. The number of rotatable bonds is 1. The Labute approximate surface area is 67.1 Å². The zero-order valence-electron chi connectivity index (χ0n) is 7.22. The molecule has 1 aliphatic heterocycles. The molecule has 1 heterocycles. The van der Waals surface area contributed by atoms with Crippen molar-refractivity contribution in [3.8, 4) is 0 Å². The van der Waals surface area contributed by atoms with Gasteiger partial charge in [-0.15, -0.1) is 0 Å². The predicted octanol–water partition coefficient (Wildman–Crippen LogP) is 0.688. The molecular weight excluding hydrogens is 140 g/mol. The van der Waals surface area contributed by atoms with Gasteiger partial charge in [0.1, 0.15) is 5.66 Å². The van der Waals surface area contributed by atoms with Gasteiger partial charge in [0.2, 0.25) is 5.91 Å². The Morgan fingerprint density at radius 3 is 2.73 bits per heavy atom. The minimum Gasteiger partial charge on any atom is -0.356 e. The van der Waals surface area contributed by atoms with Gasteiger partial charge in [0.05, 0.1) is 0 Å². The number of carbonyl (C=O) groups is 1. The maximum absolute atomic E-state index is 10.9. The molecular formula is C8H14N2O. The Bertz CT molecular complexity index is 196. The lowest BCUT2D eigenvalue weighted by molar-refractivity contribution is -0.120. The first kappa shape index (κ1) is 8.11. The van der Waals surface area contributed by atoms with Gasteiger partial charge in [0.15, 0.2) is 0 Å². The van der Waals surface area contributed by atoms with Crippen LogP contribution in [-0.2, 0) is 4.79 Å². The summed E-state index contributed by atoms with van der Waals surface area (Å²) in [6, 6.07) is 0. The van der Waals surface area contributed by atoms with E-state index in [4.69, 9.17) is 0 Å². The Balaban J connectivity index is 2.80. The quantitative estimate of drug-likeness (QED) is 0.602. The highest BCUT2D eigenvalue weighted by molar-refractivity contribution is 5.88. The lowest BCUT2D eigenvalue weighted by atomic mass is 10.1. The molecule has 1 N–H and O–H groups in total. The van der Waals surface area contributed by atoms with Crippen molar-refractivity contribution in [1.29, 1.82) is 0 Å². The second kappa shape index (κ2) is 2.57. The highest BCUT2D eigenvalue weighted by Gasteiger charge is 2.27. The van der Waals surface area contributed by atoms with E-state index in [1.165, 1.54) is 0 Å². The van der Waals surface area contributed by atoms with E-state index in [0.717, 1.165) is 6.54 Å². The summed E-state index contributed by atoms with van der Waals surface area (Å²) >= 11 is 0. The van der Waals surface area contributed by atoms with Gasteiger partial charge in [0.25, 0.3) is 0 Å². The van der Waals surface area contributed by atoms with E-state index in [9.17, 15) is 4.79 Å². The van der Waals surface area contributed by atoms with Crippen LogP contribution in [-0.4, -0.2) is 23.0 Å². The molecule has 0 fully saturated rings. The zero-order valence-corrected chi connectivity index (χ0v) is 7.22. The Hall–Kier alpha value is -0.990. The van der Waals surface area contributed by atoms with Gasteiger partial charge in [-0.25, -0.2) is 0 Å². The van der Waals surface area contributed by atoms with Crippen molar-refractivity contribution in [3.63, 3.8) is 0 Å². The molecule has 0 saturated carbocycles. The predicted molar refractivity (Wildman–Crippen MR) is 43.7 cm³/mol. The molecule has 0 unspecified atom stereocenters. The van der Waals surface area contributed by atoms with Crippen molar-refractivity contribution in [2.24, 2.45) is 0 Å². The number of hydrogen-bond acceptors (Lipinski definition) is 2. The molecule has 0 saturated heterocycles. The van der Waals surface area contributed by atoms with E-state index in [0.29, 0.717) is 0 Å². The molecule has 3 nitrogen and oxygen atoms in total. The molecule has 0 aromatic carbocycles. The number of hydrogen-bond donors (Lipinski definition) is 1. The standard InChI is InChI=1S/C8H14N2O/c1-4-10-6-5-7(11)9-8(10,2)3/h5-6H,4H2,1-3H3,(H,9,11). The van der Waals surface area contributed by atoms with E-state index in [1.54, 1.807) is 6.08 Å². The fraction of sp³-hybridized carbons (Fsp3) is 0.625. The van der Waals surface area contributed by atoms with Crippen molar-refractivity contribution < 1.29 is 4.79 Å². The van der Waals surface area contributed by atoms with Crippen LogP contribution in [0.4, 0.5) is 0 Å². The number of carbonyl (C=O) groups excluding carboxylic acids is 1. The first-order valence-electron chi connectivity index (χ1n) is 3.83. The Morgan fingerprint density at radius 2 is 2.27 bits per heavy atom. The fourth-order valence-electron chi connectivity index (χ4n) is 1.26. The summed E-state index contributed by atoms with van der Waals surface area (Å²) in [5.41, 5.74) is -0.236. The molecule has 0 radical (unpaired) electrons. The van der Waals surface area contributed by atoms with Gasteiger partial charge in [-0.05, 0) is 20.8 Å². The van der Waals surface area contributed by atoms with Crippen LogP contribution in [0, 0.1) is 0 Å². The third-order valence-corrected chi connectivity index (χ3v) is 1.89. The lowest BCUT2D eigenvalue weighted by Crippen LogP contribution is -2.56. The average Bonchev–Trinajstić information content (AvgIpc) is 1.85. The second-order valence-electron chi connectivity index (χ2n) is 3.15. The van der Waals surface area contributed by atoms with Crippen molar-refractivity contribution in [2.75, 3.05) is 6.54 Å². The number of nitrogens with zero attached hydrogens (tertiary/aromatic N) is 1. The highest BCUT2D eigenvalue weighted by Crippen LogP contribution is 2.13. The normalized spacial score (nSPS) is 21.7. The Morgan fingerprint density at radius 1 is 1.64 bits per heavy atom. The molecule has 3 heteroatoms. The topological polar surface area (TPSA) is 32.3 Å². The van der Waals surface area contributed by atoms with E-state index in [1.807, 2.05) is 20.0 Å². The maximum atomic E-state index is 10.9. The minimum absolute atomic E-state index is 0.0142. The monoisotopic (exact) mass is 154 g/mol. The third kappa shape index (κ3) is 1.53. The summed E-state index contributed by atoms with van der Waals surface area (Å²) in [5.74, 6) is -0.0142. The summed E-state index contributed by atoms with van der Waals surface area (Å²) in [5, 5.41) is 2.86. The fourth-order valence-corrected chi connectivity index (χ4v) is 1.26. The average molecular weight is 154 g/mol. The van der Waals surface area contributed by atoms with Crippen LogP contribution in [0.15, 0.2) is 12.3 Å². The van der Waals surface area contributed by atoms with Gasteiger partial charge in [-0.3, -0.25) is 4.79 Å². The van der Waals surface area contributed by atoms with Crippen molar-refractivity contribution in [2.45, 2.75) is 26.4 Å². The van der Waals surface area contributed by atoms with Crippen LogP contribution in [0.25, 0.3) is 0 Å². The smallest absolute Gasteiger partial charge is 0.247 e. The second-order valence-corrected chi connectivity index (χ2v) is 3.15. The summed E-state index contributed by atoms with van der Waals surface area (Å²) < 4.78 is 0. The molecule has 62 valence electrons. The third-order valence-electron chi connectivity index (χ3n) is 1.89. The van der Waals surface area contributed by atoms with Gasteiger partial charge in [-0.1, -0.05) is 0 Å². The molecule has 0 aromatic rings. The molecule has 0 aliphatic carbocycles. The van der Waals surface area contributed by atoms with Crippen LogP contribution < -0.4 is 5.32 Å². The molecule has 0 atom stereocenters. The molecule has 1 rings (SSSR count). The van der Waals surface area contributed by atoms with Crippen molar-refractivity contribution in [3.05, 3.63) is 12.3 Å². The van der Waals surface area contributed by atoms with Gasteiger partial charge in [-0.2, -0.15) is 0 Å². The molecule has 1 aliphatic rings. The van der Waals surface area contributed by atoms with Crippen LogP contribution in [0.3, 0.4) is 0 Å². The van der Waals surface area contributed by atoms with Gasteiger partial charge < -0.3 is 10.2 Å². The van der Waals surface area contributed by atoms with E-state index >= 15 is 0 Å². The number of amides is 1. The first-order valence-corrected chi connectivity index (χ1v) is 3.83. The first-order chi connectivity index (χ1) is 5.06. The summed E-state index contributed by atoms with van der Waals surface area (Å²) in [4.78, 5) is 13.0. The molecule has 0 spiro atoms. The largest absolute Gasteiger partial charge is 0.356 e. The lowest BCUT2D eigenvalue weighted by Gasteiger charge is -2.40. The zero-order chi connectivity index (χ0) is 8.48. The molecule has 0 aromatic heterocycles. The summed E-state index contributed by atoms with van der Waals surface area (Å²) in [6.45, 7) is 6.93. The molecule has 11 heavy (non-hydrogen) atoms. The van der Waals surface area contributed by atoms with Crippen LogP contribution in [0.2, 0.25) is 0 Å². The van der Waals surface area contributed by atoms with E-state index in [2.05, 4.69) is 17.1 Å². The molecule has 1 amide bonds. The van der Waals surface area contributed by atoms with Crippen molar-refractivity contribution in [1.82, 2.24) is 10.2 Å². The number of nitrogens with one attached hydrogen (secondary N) is 1. The van der Waals surface area contributed by atoms with E-state index in [-0.39, 0.29) is 11.6 Å². The minimum atomic E-state index is -0.236. The summed E-state index contributed by atoms with van der Waals surface area (Å²) in [7, 11) is 0. The highest BCUT2D eigenvalue weighted by atomic mass is 16.1. The van der Waals surface area contributed by atoms with Gasteiger partial charge >= 0.3 is 0 Å². The van der Waals surface area contributed by atoms with Crippen LogP contribution in [0.1, 0.15) is 20.8 Å².